The van der Waals surface area contributed by atoms with Gasteiger partial charge < -0.3 is 18.6 Å². The number of fused-ring (bicyclic) bond motifs is 1. The first-order chi connectivity index (χ1) is 16.0. The molecule has 3 aromatic carbocycles. The third-order valence-corrected chi connectivity index (χ3v) is 5.27. The van der Waals surface area contributed by atoms with Gasteiger partial charge in [0, 0.05) is 11.1 Å². The first-order valence-corrected chi connectivity index (χ1v) is 10.7. The zero-order valence-corrected chi connectivity index (χ0v) is 18.8. The maximum Gasteiger partial charge on any atom is 0.375 e. The monoisotopic (exact) mass is 464 g/mol. The summed E-state index contributed by atoms with van der Waals surface area (Å²) in [6.07, 6.45) is 0. The molecule has 0 unspecified atom stereocenters. The quantitative estimate of drug-likeness (QED) is 0.318. The summed E-state index contributed by atoms with van der Waals surface area (Å²) in [6, 6.07) is 19.0. The van der Waals surface area contributed by atoms with Gasteiger partial charge in [0.2, 0.25) is 11.2 Å². The van der Waals surface area contributed by atoms with Crippen molar-refractivity contribution in [1.82, 2.24) is 0 Å². The van der Waals surface area contributed by atoms with Crippen LogP contribution in [-0.2, 0) is 11.3 Å². The van der Waals surface area contributed by atoms with E-state index in [9.17, 15) is 9.59 Å². The van der Waals surface area contributed by atoms with Crippen LogP contribution in [0.4, 0.5) is 0 Å². The molecule has 0 amide bonds. The van der Waals surface area contributed by atoms with Crippen LogP contribution < -0.4 is 14.9 Å². The van der Waals surface area contributed by atoms with E-state index in [2.05, 4.69) is 0 Å². The summed E-state index contributed by atoms with van der Waals surface area (Å²) < 4.78 is 22.1. The Kier molecular flexibility index (Phi) is 6.66. The molecule has 0 atom stereocenters. The molecule has 0 aliphatic carbocycles. The van der Waals surface area contributed by atoms with Crippen LogP contribution in [-0.4, -0.2) is 19.7 Å². The molecule has 4 aromatic rings. The second-order valence-corrected chi connectivity index (χ2v) is 7.59. The minimum atomic E-state index is -0.713. The third-order valence-electron chi connectivity index (χ3n) is 5.02. The number of carbonyl (C=O) groups excluding carboxylic acids is 1. The Hall–Kier alpha value is -3.77. The maximum atomic E-state index is 13.4. The number of rotatable bonds is 7. The predicted molar refractivity (Wildman–Crippen MR) is 126 cm³/mol. The summed E-state index contributed by atoms with van der Waals surface area (Å²) in [6.45, 7) is 2.14. The molecule has 0 aliphatic rings. The first-order valence-electron chi connectivity index (χ1n) is 10.3. The Morgan fingerprint density at radius 2 is 1.67 bits per heavy atom. The molecular weight excluding hydrogens is 444 g/mol. The zero-order valence-electron chi connectivity index (χ0n) is 18.1. The maximum absolute atomic E-state index is 13.4. The molecule has 1 heterocycles. The van der Waals surface area contributed by atoms with Crippen LogP contribution >= 0.6 is 11.6 Å². The van der Waals surface area contributed by atoms with E-state index in [0.29, 0.717) is 34.1 Å². The van der Waals surface area contributed by atoms with Gasteiger partial charge in [0.15, 0.2) is 0 Å². The molecule has 1 aromatic heterocycles. The molecule has 0 saturated heterocycles. The molecule has 0 aliphatic heterocycles. The standard InChI is InChI=1S/C26H21ClO6/c1-3-31-26(29)25-23(17-6-10-19(30-2)11-7-17)24(28)21-13-12-20(14-22(21)33-25)32-15-16-4-8-18(27)9-5-16/h4-14H,3,15H2,1-2H3. The van der Waals surface area contributed by atoms with Gasteiger partial charge in [-0.25, -0.2) is 4.79 Å². The smallest absolute Gasteiger partial charge is 0.375 e. The average Bonchev–Trinajstić information content (AvgIpc) is 2.83. The first kappa shape index (κ1) is 22.4. The van der Waals surface area contributed by atoms with Crippen LogP contribution in [0.3, 0.4) is 0 Å². The highest BCUT2D eigenvalue weighted by atomic mass is 35.5. The van der Waals surface area contributed by atoms with Crippen molar-refractivity contribution >= 4 is 28.5 Å². The molecule has 4 rings (SSSR count). The Morgan fingerprint density at radius 3 is 2.33 bits per heavy atom. The van der Waals surface area contributed by atoms with Crippen molar-refractivity contribution in [3.05, 3.63) is 93.3 Å². The van der Waals surface area contributed by atoms with Gasteiger partial charge in [-0.1, -0.05) is 35.9 Å². The van der Waals surface area contributed by atoms with Crippen LogP contribution in [0.5, 0.6) is 11.5 Å². The number of ether oxygens (including phenoxy) is 3. The molecule has 0 radical (unpaired) electrons. The van der Waals surface area contributed by atoms with Gasteiger partial charge in [0.25, 0.3) is 0 Å². The highest BCUT2D eigenvalue weighted by Gasteiger charge is 2.23. The van der Waals surface area contributed by atoms with E-state index in [-0.39, 0.29) is 28.9 Å². The molecule has 0 spiro atoms. The fraction of sp³-hybridized carbons (Fsp3) is 0.154. The van der Waals surface area contributed by atoms with Crippen LogP contribution in [0.2, 0.25) is 5.02 Å². The number of esters is 1. The Balaban J connectivity index is 1.76. The molecule has 0 bridgehead atoms. The lowest BCUT2D eigenvalue weighted by Crippen LogP contribution is -2.15. The van der Waals surface area contributed by atoms with Crippen molar-refractivity contribution in [2.75, 3.05) is 13.7 Å². The molecule has 0 N–H and O–H groups in total. The van der Waals surface area contributed by atoms with Gasteiger partial charge >= 0.3 is 5.97 Å². The lowest BCUT2D eigenvalue weighted by atomic mass is 10.0. The van der Waals surface area contributed by atoms with Gasteiger partial charge in [-0.15, -0.1) is 0 Å². The predicted octanol–water partition coefficient (Wildman–Crippen LogP) is 5.88. The second kappa shape index (κ2) is 9.79. The summed E-state index contributed by atoms with van der Waals surface area (Å²) in [4.78, 5) is 26.0. The molecular formula is C26H21ClO6. The SMILES string of the molecule is CCOC(=O)c1oc2cc(OCc3ccc(Cl)cc3)ccc2c(=O)c1-c1ccc(OC)cc1. The van der Waals surface area contributed by atoms with E-state index in [0.717, 1.165) is 5.56 Å². The van der Waals surface area contributed by atoms with Crippen LogP contribution in [0.25, 0.3) is 22.1 Å². The van der Waals surface area contributed by atoms with E-state index in [1.54, 1.807) is 68.6 Å². The second-order valence-electron chi connectivity index (χ2n) is 7.16. The zero-order chi connectivity index (χ0) is 23.4. The number of benzene rings is 3. The molecule has 33 heavy (non-hydrogen) atoms. The lowest BCUT2D eigenvalue weighted by Gasteiger charge is -2.11. The number of carbonyl (C=O) groups is 1. The van der Waals surface area contributed by atoms with E-state index < -0.39 is 5.97 Å². The lowest BCUT2D eigenvalue weighted by molar-refractivity contribution is 0.0492. The van der Waals surface area contributed by atoms with E-state index in [1.165, 1.54) is 0 Å². The van der Waals surface area contributed by atoms with Crippen LogP contribution in [0.1, 0.15) is 23.0 Å². The summed E-state index contributed by atoms with van der Waals surface area (Å²) in [5, 5.41) is 0.970. The Labute approximate surface area is 195 Å². The largest absolute Gasteiger partial charge is 0.497 e. The number of methoxy groups -OCH3 is 1. The number of hydrogen-bond donors (Lipinski definition) is 0. The molecule has 168 valence electrons. The highest BCUT2D eigenvalue weighted by Crippen LogP contribution is 2.29. The third kappa shape index (κ3) is 4.86. The summed E-state index contributed by atoms with van der Waals surface area (Å²) in [5.41, 5.74) is 1.49. The molecule has 6 nitrogen and oxygen atoms in total. The van der Waals surface area contributed by atoms with Gasteiger partial charge in [-0.05, 0) is 54.4 Å². The molecule has 0 fully saturated rings. The number of hydrogen-bond acceptors (Lipinski definition) is 6. The fourth-order valence-electron chi connectivity index (χ4n) is 3.37. The van der Waals surface area contributed by atoms with Crippen molar-refractivity contribution in [3.63, 3.8) is 0 Å². The van der Waals surface area contributed by atoms with Crippen molar-refractivity contribution in [1.29, 1.82) is 0 Å². The normalized spacial score (nSPS) is 10.8. The Bertz CT molecular complexity index is 1340. The van der Waals surface area contributed by atoms with Gasteiger partial charge in [0.05, 0.1) is 24.7 Å². The van der Waals surface area contributed by atoms with Gasteiger partial charge in [0.1, 0.15) is 23.7 Å². The number of halogens is 1. The average molecular weight is 465 g/mol. The van der Waals surface area contributed by atoms with E-state index in [4.69, 9.17) is 30.2 Å². The van der Waals surface area contributed by atoms with Crippen molar-refractivity contribution in [2.45, 2.75) is 13.5 Å². The summed E-state index contributed by atoms with van der Waals surface area (Å²) in [5.74, 6) is 0.251. The Morgan fingerprint density at radius 1 is 0.970 bits per heavy atom. The van der Waals surface area contributed by atoms with Crippen molar-refractivity contribution in [3.8, 4) is 22.6 Å². The molecule has 7 heteroatoms. The van der Waals surface area contributed by atoms with Crippen molar-refractivity contribution < 1.29 is 23.4 Å². The summed E-state index contributed by atoms with van der Waals surface area (Å²) >= 11 is 5.92. The minimum absolute atomic E-state index is 0.137. The fourth-order valence-corrected chi connectivity index (χ4v) is 3.50. The van der Waals surface area contributed by atoms with Crippen molar-refractivity contribution in [2.24, 2.45) is 0 Å². The van der Waals surface area contributed by atoms with Crippen LogP contribution in [0, 0.1) is 0 Å². The van der Waals surface area contributed by atoms with Gasteiger partial charge in [-0.2, -0.15) is 0 Å². The summed E-state index contributed by atoms with van der Waals surface area (Å²) in [7, 11) is 1.55. The highest BCUT2D eigenvalue weighted by molar-refractivity contribution is 6.30. The minimum Gasteiger partial charge on any atom is -0.497 e. The van der Waals surface area contributed by atoms with Crippen LogP contribution in [0.15, 0.2) is 75.9 Å². The molecule has 0 saturated carbocycles. The van der Waals surface area contributed by atoms with E-state index in [1.807, 2.05) is 12.1 Å². The van der Waals surface area contributed by atoms with Gasteiger partial charge in [-0.3, -0.25) is 4.79 Å². The van der Waals surface area contributed by atoms with E-state index >= 15 is 0 Å². The topological polar surface area (TPSA) is 75.0 Å².